The quantitative estimate of drug-likeness (QED) is 0.0688. The Balaban J connectivity index is 0.000000208. The van der Waals surface area contributed by atoms with Crippen LogP contribution >= 0.6 is 0 Å². The Morgan fingerprint density at radius 2 is 1.63 bits per heavy atom. The lowest BCUT2D eigenvalue weighted by Gasteiger charge is -2.25. The second kappa shape index (κ2) is 24.7. The fourth-order valence-electron chi connectivity index (χ4n) is 6.87. The number of nitrogen functional groups attached to an aromatic ring is 2. The predicted molar refractivity (Wildman–Crippen MR) is 240 cm³/mol. The van der Waals surface area contributed by atoms with Crippen LogP contribution in [0.3, 0.4) is 0 Å². The molecule has 0 radical (unpaired) electrons. The number of oxazole rings is 1. The normalized spacial score (nSPS) is 15.9. The first kappa shape index (κ1) is 45.8. The number of anilines is 2. The number of hydrogen-bond donors (Lipinski definition) is 4. The number of likely N-dealkylation sites (N-methyl/N-ethyl adjacent to an activating group) is 1. The number of aromatic nitrogens is 5. The Hall–Kier alpha value is -5.67. The van der Waals surface area contributed by atoms with Gasteiger partial charge in [-0.05, 0) is 53.9 Å². The molecule has 2 aliphatic heterocycles. The van der Waals surface area contributed by atoms with Crippen LogP contribution in [0, 0.1) is 0 Å². The average Bonchev–Trinajstić information content (AvgIpc) is 3.84. The summed E-state index contributed by atoms with van der Waals surface area (Å²) >= 11 is 0. The molecule has 0 fully saturated rings. The van der Waals surface area contributed by atoms with Gasteiger partial charge in [-0.2, -0.15) is 10.1 Å². The van der Waals surface area contributed by atoms with E-state index in [1.54, 1.807) is 12.6 Å². The van der Waals surface area contributed by atoms with Crippen LogP contribution in [-0.4, -0.2) is 159 Å². The minimum absolute atomic E-state index is 0.133. The van der Waals surface area contributed by atoms with E-state index in [1.807, 2.05) is 29.1 Å². The number of aldehydes is 1. The number of carbonyl (C=O) groups excluding carboxylic acids is 1. The molecule has 19 nitrogen and oxygen atoms in total. The number of ether oxygens (including phenoxy) is 4. The van der Waals surface area contributed by atoms with Crippen LogP contribution in [0.4, 0.5) is 11.8 Å². The molecule has 0 atom stereocenters. The number of fused-ring (bicyclic) bond motifs is 3. The van der Waals surface area contributed by atoms with Crippen LogP contribution in [-0.2, 0) is 43.3 Å². The van der Waals surface area contributed by atoms with Crippen molar-refractivity contribution in [2.75, 3.05) is 117 Å². The van der Waals surface area contributed by atoms with E-state index in [0.29, 0.717) is 114 Å². The zero-order chi connectivity index (χ0) is 43.4. The number of carbonyl (C=O) groups is 1. The molecular weight excluding hydrogens is 795 g/mol. The van der Waals surface area contributed by atoms with E-state index < -0.39 is 0 Å². The molecule has 2 aromatic carbocycles. The molecule has 62 heavy (non-hydrogen) atoms. The third-order valence-corrected chi connectivity index (χ3v) is 10.1. The summed E-state index contributed by atoms with van der Waals surface area (Å²) in [6, 6.07) is 12.4. The highest BCUT2D eigenvalue weighted by molar-refractivity contribution is 5.99. The summed E-state index contributed by atoms with van der Waals surface area (Å²) in [6.07, 6.45) is 9.10. The van der Waals surface area contributed by atoms with E-state index in [9.17, 15) is 4.79 Å². The van der Waals surface area contributed by atoms with Crippen molar-refractivity contribution in [3.05, 3.63) is 71.2 Å². The van der Waals surface area contributed by atoms with Gasteiger partial charge in [0, 0.05) is 63.7 Å². The summed E-state index contributed by atoms with van der Waals surface area (Å²) in [6.45, 7) is 11.3. The van der Waals surface area contributed by atoms with Crippen LogP contribution < -0.4 is 22.5 Å². The fraction of sp³-hybridized carbons (Fsp3) is 0.465. The summed E-state index contributed by atoms with van der Waals surface area (Å²) in [4.78, 5) is 36.4. The molecule has 19 heteroatoms. The molecule has 0 spiro atoms. The molecule has 5 heterocycles. The minimum atomic E-state index is 0.133. The summed E-state index contributed by atoms with van der Waals surface area (Å²) in [5, 5.41) is 8.62. The molecule has 0 amide bonds. The predicted octanol–water partition coefficient (Wildman–Crippen LogP) is 2.32. The number of aliphatic imine (C=N–C) groups is 2. The Bertz CT molecular complexity index is 2260. The second-order valence-electron chi connectivity index (χ2n) is 14.7. The molecule has 5 aromatic rings. The van der Waals surface area contributed by atoms with Crippen molar-refractivity contribution in [2.45, 2.75) is 25.9 Å². The van der Waals surface area contributed by atoms with Gasteiger partial charge in [0.15, 0.2) is 11.2 Å². The smallest absolute Gasteiger partial charge is 0.292 e. The van der Waals surface area contributed by atoms with Crippen molar-refractivity contribution in [1.82, 2.24) is 39.8 Å². The van der Waals surface area contributed by atoms with E-state index in [0.717, 1.165) is 62.0 Å². The Labute approximate surface area is 361 Å². The number of nitrogens with two attached hydrogens (primary N) is 3. The Kier molecular flexibility index (Phi) is 18.3. The maximum absolute atomic E-state index is 10.1. The van der Waals surface area contributed by atoms with Crippen molar-refractivity contribution < 1.29 is 28.2 Å². The van der Waals surface area contributed by atoms with Crippen molar-refractivity contribution in [1.29, 1.82) is 0 Å². The molecule has 3 aromatic heterocycles. The average molecular weight is 854 g/mol. The third-order valence-electron chi connectivity index (χ3n) is 10.1. The lowest BCUT2D eigenvalue weighted by molar-refractivity contribution is -0.109. The maximum atomic E-state index is 10.1. The summed E-state index contributed by atoms with van der Waals surface area (Å²) in [7, 11) is 2.16. The van der Waals surface area contributed by atoms with Crippen molar-refractivity contribution in [3.8, 4) is 11.3 Å². The monoisotopic (exact) mass is 853 g/mol. The van der Waals surface area contributed by atoms with Crippen molar-refractivity contribution in [3.63, 3.8) is 0 Å². The third kappa shape index (κ3) is 13.9. The Morgan fingerprint density at radius 1 is 0.871 bits per heavy atom. The molecule has 7 N–H and O–H groups in total. The molecule has 2 aliphatic rings. The summed E-state index contributed by atoms with van der Waals surface area (Å²) in [5.41, 5.74) is 26.1. The van der Waals surface area contributed by atoms with Gasteiger partial charge in [0.25, 0.3) is 6.01 Å². The number of rotatable bonds is 19. The SMILES string of the molecule is CN1CCc2cc(Cn3nc(-c4ccc5oc(N)nc5c4)c4c(N)ncnc43)ccc2C1.NC/C1=C/NC=NCCN(CCOCCOCCOCCOCCC=O)CCN=C1. The first-order valence-electron chi connectivity index (χ1n) is 20.9. The van der Waals surface area contributed by atoms with Gasteiger partial charge < -0.3 is 55.6 Å². The number of hydrogen-bond acceptors (Lipinski definition) is 18. The van der Waals surface area contributed by atoms with Gasteiger partial charge in [0.1, 0.15) is 29.6 Å². The molecule has 0 bridgehead atoms. The van der Waals surface area contributed by atoms with Crippen LogP contribution in [0.2, 0.25) is 0 Å². The van der Waals surface area contributed by atoms with Crippen LogP contribution in [0.5, 0.6) is 0 Å². The molecule has 0 saturated carbocycles. The van der Waals surface area contributed by atoms with Gasteiger partial charge in [-0.3, -0.25) is 14.9 Å². The van der Waals surface area contributed by atoms with Gasteiger partial charge in [-0.15, -0.1) is 0 Å². The molecule has 0 aliphatic carbocycles. The van der Waals surface area contributed by atoms with Crippen LogP contribution in [0.1, 0.15) is 23.1 Å². The lowest BCUT2D eigenvalue weighted by Crippen LogP contribution is -2.33. The zero-order valence-electron chi connectivity index (χ0n) is 35.5. The molecule has 7 rings (SSSR count). The van der Waals surface area contributed by atoms with E-state index in [2.05, 4.69) is 65.3 Å². The van der Waals surface area contributed by atoms with Crippen molar-refractivity contribution in [2.24, 2.45) is 15.7 Å². The molecule has 332 valence electrons. The van der Waals surface area contributed by atoms with Gasteiger partial charge in [0.05, 0.1) is 84.2 Å². The van der Waals surface area contributed by atoms with Gasteiger partial charge >= 0.3 is 0 Å². The van der Waals surface area contributed by atoms with Crippen molar-refractivity contribution >= 4 is 52.8 Å². The van der Waals surface area contributed by atoms with E-state index >= 15 is 0 Å². The lowest BCUT2D eigenvalue weighted by atomic mass is 9.97. The highest BCUT2D eigenvalue weighted by Crippen LogP contribution is 2.33. The highest BCUT2D eigenvalue weighted by atomic mass is 16.6. The zero-order valence-corrected chi connectivity index (χ0v) is 35.5. The largest absolute Gasteiger partial charge is 0.424 e. The number of nitrogens with one attached hydrogen (secondary N) is 1. The van der Waals surface area contributed by atoms with E-state index in [1.165, 1.54) is 23.0 Å². The standard InChI is InChI=1S/C23H22N8O.C20H37N5O5/c1-30-7-6-14-8-13(2-3-16(14)11-30)10-31-22-19(21(24)26-12-27-22)20(29-31)15-4-5-18-17(9-15)28-23(25)32-18;21-16-20-17-22-2-4-25(5-3-23-19-24-18-20)6-9-28-11-13-30-15-14-29-12-10-27-8-1-7-26/h2-5,8-9,12H,6-7,10-11H2,1H3,(H2,25,28)(H2,24,26,27);7,17-19H,1-6,8-16,21H2,(H,23,24)/b;20-18-,22-17?. The first-order valence-corrected chi connectivity index (χ1v) is 20.9. The minimum Gasteiger partial charge on any atom is -0.424 e. The molecule has 0 saturated heterocycles. The van der Waals surface area contributed by atoms with Crippen LogP contribution in [0.25, 0.3) is 33.4 Å². The molecule has 0 unspecified atom stereocenters. The first-order chi connectivity index (χ1) is 30.4. The summed E-state index contributed by atoms with van der Waals surface area (Å²) in [5.74, 6) is 0.393. The number of nitrogens with zero attached hydrogens (tertiary/aromatic N) is 9. The van der Waals surface area contributed by atoms with E-state index in [4.69, 9.17) is 45.7 Å². The Morgan fingerprint density at radius 3 is 2.40 bits per heavy atom. The van der Waals surface area contributed by atoms with Gasteiger partial charge in [-0.1, -0.05) is 18.2 Å². The highest BCUT2D eigenvalue weighted by Gasteiger charge is 2.20. The fourth-order valence-corrected chi connectivity index (χ4v) is 6.87. The number of benzene rings is 2. The second-order valence-corrected chi connectivity index (χ2v) is 14.7. The molecular formula is C43H59N13O6. The maximum Gasteiger partial charge on any atom is 0.292 e. The van der Waals surface area contributed by atoms with E-state index in [-0.39, 0.29) is 6.01 Å². The van der Waals surface area contributed by atoms with Crippen LogP contribution in [0.15, 0.2) is 68.9 Å². The van der Waals surface area contributed by atoms with Gasteiger partial charge in [0.2, 0.25) is 0 Å². The topological polar surface area (TPSA) is 245 Å². The summed E-state index contributed by atoms with van der Waals surface area (Å²) < 4.78 is 29.0. The van der Waals surface area contributed by atoms with Gasteiger partial charge in [-0.25, -0.2) is 14.6 Å².